The van der Waals surface area contributed by atoms with Gasteiger partial charge < -0.3 is 30.2 Å². The maximum Gasteiger partial charge on any atom is 0.291 e. The lowest BCUT2D eigenvalue weighted by atomic mass is 9.99. The van der Waals surface area contributed by atoms with Crippen LogP contribution in [0.15, 0.2) is 28.7 Å². The number of piperazine rings is 1. The highest BCUT2D eigenvalue weighted by atomic mass is 16.4. The number of nitrogen functional groups attached to an aromatic ring is 1. The molecule has 0 bridgehead atoms. The van der Waals surface area contributed by atoms with Crippen LogP contribution in [0.1, 0.15) is 30.3 Å². The molecule has 0 unspecified atom stereocenters. The fourth-order valence-corrected chi connectivity index (χ4v) is 3.87. The monoisotopic (exact) mass is 398 g/mol. The average Bonchev–Trinajstić information content (AvgIpc) is 3.16. The molecule has 8 nitrogen and oxygen atoms in total. The van der Waals surface area contributed by atoms with Gasteiger partial charge in [-0.1, -0.05) is 6.92 Å². The molecule has 1 amide bonds. The van der Waals surface area contributed by atoms with Crippen LogP contribution in [0.3, 0.4) is 0 Å². The van der Waals surface area contributed by atoms with Crippen molar-refractivity contribution < 1.29 is 9.21 Å². The molecule has 0 saturated carbocycles. The van der Waals surface area contributed by atoms with E-state index in [9.17, 15) is 4.79 Å². The van der Waals surface area contributed by atoms with Crippen LogP contribution in [-0.2, 0) is 0 Å². The first-order chi connectivity index (χ1) is 14.0. The fourth-order valence-electron chi connectivity index (χ4n) is 3.87. The molecule has 0 atom stereocenters. The second-order valence-corrected chi connectivity index (χ2v) is 8.16. The van der Waals surface area contributed by atoms with E-state index in [0.717, 1.165) is 69.7 Å². The normalized spacial score (nSPS) is 18.8. The summed E-state index contributed by atoms with van der Waals surface area (Å²) in [6.45, 7) is 8.13. The van der Waals surface area contributed by atoms with E-state index in [1.54, 1.807) is 12.1 Å². The minimum Gasteiger partial charge on any atom is -0.436 e. The Morgan fingerprint density at radius 3 is 2.45 bits per heavy atom. The van der Waals surface area contributed by atoms with Crippen LogP contribution in [-0.4, -0.2) is 62.1 Å². The van der Waals surface area contributed by atoms with Crippen molar-refractivity contribution in [1.82, 2.24) is 9.88 Å². The van der Waals surface area contributed by atoms with Crippen molar-refractivity contribution in [1.29, 1.82) is 0 Å². The van der Waals surface area contributed by atoms with Crippen molar-refractivity contribution >= 4 is 29.1 Å². The zero-order valence-electron chi connectivity index (χ0n) is 17.2. The summed E-state index contributed by atoms with van der Waals surface area (Å²) in [5.74, 6) is 2.62. The van der Waals surface area contributed by atoms with E-state index in [1.165, 1.54) is 0 Å². The Hall–Kier alpha value is -2.74. The number of carbonyl (C=O) groups excluding carboxylic acids is 1. The van der Waals surface area contributed by atoms with Gasteiger partial charge in [-0.3, -0.25) is 4.79 Å². The zero-order valence-corrected chi connectivity index (χ0v) is 17.2. The van der Waals surface area contributed by atoms with E-state index in [4.69, 9.17) is 15.1 Å². The molecule has 2 aromatic rings. The van der Waals surface area contributed by atoms with Gasteiger partial charge in [-0.25, -0.2) is 4.98 Å². The predicted octanol–water partition coefficient (Wildman–Crippen LogP) is 2.50. The van der Waals surface area contributed by atoms with Gasteiger partial charge in [0.25, 0.3) is 5.91 Å². The molecule has 0 spiro atoms. The molecular weight excluding hydrogens is 368 g/mol. The maximum atomic E-state index is 12.6. The minimum atomic E-state index is -0.317. The number of furan rings is 1. The molecule has 2 aromatic heterocycles. The summed E-state index contributed by atoms with van der Waals surface area (Å²) < 4.78 is 5.26. The Morgan fingerprint density at radius 2 is 1.79 bits per heavy atom. The Balaban J connectivity index is 1.59. The standard InChI is InChI=1S/C21H30N6O2/c1-15-7-9-27(10-8-15)20-16(23-21(28)17-4-5-18(22)29-17)3-6-19(24-20)26-13-11-25(2)12-14-26/h3-6,15H,7-14,22H2,1-2H3,(H,23,28). The third-order valence-electron chi connectivity index (χ3n) is 5.87. The number of nitrogens with one attached hydrogen (secondary N) is 1. The Labute approximate surface area is 171 Å². The second kappa shape index (κ2) is 8.32. The van der Waals surface area contributed by atoms with Crippen LogP contribution >= 0.6 is 0 Å². The number of hydrogen-bond acceptors (Lipinski definition) is 7. The SMILES string of the molecule is CC1CCN(c2nc(N3CCN(C)CC3)ccc2NC(=O)c2ccc(N)o2)CC1. The van der Waals surface area contributed by atoms with Gasteiger partial charge in [-0.15, -0.1) is 0 Å². The molecule has 0 aromatic carbocycles. The van der Waals surface area contributed by atoms with Gasteiger partial charge in [-0.05, 0) is 44.0 Å². The van der Waals surface area contributed by atoms with Crippen molar-refractivity contribution in [3.05, 3.63) is 30.0 Å². The van der Waals surface area contributed by atoms with E-state index < -0.39 is 0 Å². The Bertz CT molecular complexity index is 851. The highest BCUT2D eigenvalue weighted by Crippen LogP contribution is 2.31. The molecule has 4 rings (SSSR count). The van der Waals surface area contributed by atoms with Crippen LogP contribution in [0.5, 0.6) is 0 Å². The molecular formula is C21H30N6O2. The van der Waals surface area contributed by atoms with E-state index >= 15 is 0 Å². The third-order valence-corrected chi connectivity index (χ3v) is 5.87. The summed E-state index contributed by atoms with van der Waals surface area (Å²) in [7, 11) is 2.14. The number of anilines is 4. The highest BCUT2D eigenvalue weighted by Gasteiger charge is 2.24. The third kappa shape index (κ3) is 4.48. The van der Waals surface area contributed by atoms with Crippen molar-refractivity contribution in [2.75, 3.05) is 67.2 Å². The van der Waals surface area contributed by atoms with Gasteiger partial charge >= 0.3 is 0 Å². The largest absolute Gasteiger partial charge is 0.436 e. The molecule has 2 aliphatic rings. The molecule has 156 valence electrons. The van der Waals surface area contributed by atoms with Gasteiger partial charge in [0, 0.05) is 45.3 Å². The number of pyridine rings is 1. The number of nitrogens with zero attached hydrogens (tertiary/aromatic N) is 4. The number of amides is 1. The van der Waals surface area contributed by atoms with Crippen LogP contribution < -0.4 is 20.9 Å². The molecule has 8 heteroatoms. The van der Waals surface area contributed by atoms with Crippen molar-refractivity contribution in [2.24, 2.45) is 5.92 Å². The van der Waals surface area contributed by atoms with Gasteiger partial charge in [0.05, 0.1) is 5.69 Å². The number of carbonyl (C=O) groups is 1. The molecule has 3 N–H and O–H groups in total. The predicted molar refractivity (Wildman–Crippen MR) is 116 cm³/mol. The number of likely N-dealkylation sites (N-methyl/N-ethyl adjacent to an activating group) is 1. The molecule has 4 heterocycles. The maximum absolute atomic E-state index is 12.6. The van der Waals surface area contributed by atoms with E-state index in [1.807, 2.05) is 12.1 Å². The topological polar surface area (TPSA) is 90.9 Å². The molecule has 0 radical (unpaired) electrons. The van der Waals surface area contributed by atoms with Crippen LogP contribution in [0.2, 0.25) is 0 Å². The molecule has 2 saturated heterocycles. The smallest absolute Gasteiger partial charge is 0.291 e. The van der Waals surface area contributed by atoms with Gasteiger partial charge in [-0.2, -0.15) is 0 Å². The first-order valence-corrected chi connectivity index (χ1v) is 10.4. The van der Waals surface area contributed by atoms with Gasteiger partial charge in [0.2, 0.25) is 0 Å². The van der Waals surface area contributed by atoms with Gasteiger partial charge in [0.15, 0.2) is 17.5 Å². The molecule has 29 heavy (non-hydrogen) atoms. The summed E-state index contributed by atoms with van der Waals surface area (Å²) in [4.78, 5) is 24.5. The molecule has 2 aliphatic heterocycles. The Morgan fingerprint density at radius 1 is 1.07 bits per heavy atom. The summed E-state index contributed by atoms with van der Waals surface area (Å²) in [5.41, 5.74) is 6.31. The average molecular weight is 399 g/mol. The number of piperidine rings is 1. The zero-order chi connectivity index (χ0) is 20.4. The summed E-state index contributed by atoms with van der Waals surface area (Å²) in [5, 5.41) is 2.97. The number of nitrogens with two attached hydrogens (primary N) is 1. The fraction of sp³-hybridized carbons (Fsp3) is 0.524. The van der Waals surface area contributed by atoms with Crippen molar-refractivity contribution in [3.63, 3.8) is 0 Å². The van der Waals surface area contributed by atoms with Crippen LogP contribution in [0.25, 0.3) is 0 Å². The first kappa shape index (κ1) is 19.6. The second-order valence-electron chi connectivity index (χ2n) is 8.16. The van der Waals surface area contributed by atoms with E-state index in [0.29, 0.717) is 5.69 Å². The minimum absolute atomic E-state index is 0.198. The van der Waals surface area contributed by atoms with E-state index in [-0.39, 0.29) is 17.6 Å². The molecule has 2 fully saturated rings. The van der Waals surface area contributed by atoms with Crippen LogP contribution in [0.4, 0.5) is 23.2 Å². The lowest BCUT2D eigenvalue weighted by molar-refractivity contribution is 0.0997. The summed E-state index contributed by atoms with van der Waals surface area (Å²) in [6, 6.07) is 7.11. The van der Waals surface area contributed by atoms with Crippen molar-refractivity contribution in [3.8, 4) is 0 Å². The van der Waals surface area contributed by atoms with Crippen molar-refractivity contribution in [2.45, 2.75) is 19.8 Å². The quantitative estimate of drug-likeness (QED) is 0.818. The lowest BCUT2D eigenvalue weighted by Crippen LogP contribution is -2.45. The Kier molecular flexibility index (Phi) is 5.62. The first-order valence-electron chi connectivity index (χ1n) is 10.4. The molecule has 0 aliphatic carbocycles. The highest BCUT2D eigenvalue weighted by molar-refractivity contribution is 6.04. The lowest BCUT2D eigenvalue weighted by Gasteiger charge is -2.35. The van der Waals surface area contributed by atoms with Crippen LogP contribution in [0, 0.1) is 5.92 Å². The van der Waals surface area contributed by atoms with Gasteiger partial charge in [0.1, 0.15) is 5.82 Å². The summed E-state index contributed by atoms with van der Waals surface area (Å²) in [6.07, 6.45) is 2.26. The number of rotatable bonds is 4. The van der Waals surface area contributed by atoms with E-state index in [2.05, 4.69) is 34.0 Å². The summed E-state index contributed by atoms with van der Waals surface area (Å²) >= 11 is 0. The number of aromatic nitrogens is 1. The number of hydrogen-bond donors (Lipinski definition) is 2.